The van der Waals surface area contributed by atoms with Gasteiger partial charge >= 0.3 is 0 Å². The van der Waals surface area contributed by atoms with Crippen molar-refractivity contribution in [1.29, 1.82) is 0 Å². The van der Waals surface area contributed by atoms with Crippen LogP contribution < -0.4 is 19.9 Å². The molecular formula is C32H34N6O4. The van der Waals surface area contributed by atoms with E-state index in [2.05, 4.69) is 25.1 Å². The van der Waals surface area contributed by atoms with Gasteiger partial charge in [-0.1, -0.05) is 30.3 Å². The number of anilines is 3. The highest BCUT2D eigenvalue weighted by Crippen LogP contribution is 2.38. The topological polar surface area (TPSA) is 113 Å². The molecule has 1 fully saturated rings. The lowest BCUT2D eigenvalue weighted by molar-refractivity contribution is -0.112. The van der Waals surface area contributed by atoms with Crippen molar-refractivity contribution in [1.82, 2.24) is 14.5 Å². The molecule has 1 atom stereocenters. The maximum absolute atomic E-state index is 13.4. The first-order chi connectivity index (χ1) is 20.1. The normalized spacial score (nSPS) is 16.4. The van der Waals surface area contributed by atoms with Gasteiger partial charge in [0.15, 0.2) is 0 Å². The molecular weight excluding hydrogens is 532 g/mol. The second kappa shape index (κ2) is 10.6. The third-order valence-corrected chi connectivity index (χ3v) is 8.05. The molecule has 0 radical (unpaired) electrons. The van der Waals surface area contributed by atoms with E-state index in [4.69, 9.17) is 4.74 Å². The van der Waals surface area contributed by atoms with Crippen LogP contribution in [0.25, 0.3) is 11.1 Å². The molecule has 0 aliphatic carbocycles. The summed E-state index contributed by atoms with van der Waals surface area (Å²) in [5, 5.41) is 13.0. The summed E-state index contributed by atoms with van der Waals surface area (Å²) >= 11 is 0. The van der Waals surface area contributed by atoms with Crippen molar-refractivity contribution in [3.8, 4) is 16.9 Å². The number of Topliss-reactive ketones (excluding diaryl/α,β-unsaturated/α-hetero) is 1. The van der Waals surface area contributed by atoms with E-state index in [-0.39, 0.29) is 6.04 Å². The largest absolute Gasteiger partial charge is 0.489 e. The van der Waals surface area contributed by atoms with Crippen LogP contribution in [0.2, 0.25) is 0 Å². The van der Waals surface area contributed by atoms with Crippen LogP contribution in [0, 0.1) is 6.92 Å². The SMILES string of the molecule is Cc1cc(-c2ccccc2)c(C(=O)C(=O)Nc2ccc3c(c2)OC[C@H]2CN(c4ncc(C(C)(C)O)cn4)CCN32)n1C. The van der Waals surface area contributed by atoms with E-state index in [0.717, 1.165) is 35.6 Å². The zero-order valence-electron chi connectivity index (χ0n) is 24.2. The highest BCUT2D eigenvalue weighted by atomic mass is 16.5. The van der Waals surface area contributed by atoms with Gasteiger partial charge in [0.2, 0.25) is 5.95 Å². The van der Waals surface area contributed by atoms with E-state index in [0.29, 0.717) is 41.8 Å². The van der Waals surface area contributed by atoms with Gasteiger partial charge in [0, 0.05) is 67.7 Å². The molecule has 2 aliphatic rings. The highest BCUT2D eigenvalue weighted by molar-refractivity contribution is 6.47. The second-order valence-corrected chi connectivity index (χ2v) is 11.4. The molecule has 4 aromatic rings. The number of rotatable bonds is 6. The Morgan fingerprint density at radius 3 is 2.50 bits per heavy atom. The molecule has 2 aromatic heterocycles. The summed E-state index contributed by atoms with van der Waals surface area (Å²) in [7, 11) is 1.79. The van der Waals surface area contributed by atoms with Gasteiger partial charge in [-0.05, 0) is 44.5 Å². The van der Waals surface area contributed by atoms with Gasteiger partial charge in [-0.3, -0.25) is 9.59 Å². The van der Waals surface area contributed by atoms with Crippen LogP contribution in [0.1, 0.15) is 35.6 Å². The minimum Gasteiger partial charge on any atom is -0.489 e. The average Bonchev–Trinajstić information content (AvgIpc) is 3.29. The fraction of sp³-hybridized carbons (Fsp3) is 0.312. The zero-order chi connectivity index (χ0) is 29.6. The third-order valence-electron chi connectivity index (χ3n) is 8.05. The van der Waals surface area contributed by atoms with Gasteiger partial charge in [0.25, 0.3) is 11.7 Å². The molecule has 6 rings (SSSR count). The van der Waals surface area contributed by atoms with Gasteiger partial charge in [0.05, 0.1) is 17.3 Å². The Hall–Kier alpha value is -4.70. The number of benzene rings is 2. The van der Waals surface area contributed by atoms with Crippen LogP contribution in [0.5, 0.6) is 5.75 Å². The van der Waals surface area contributed by atoms with E-state index in [1.165, 1.54) is 0 Å². The van der Waals surface area contributed by atoms with Gasteiger partial charge in [-0.25, -0.2) is 9.97 Å². The van der Waals surface area contributed by atoms with Crippen molar-refractivity contribution in [3.05, 3.63) is 83.9 Å². The number of ether oxygens (including phenoxy) is 1. The summed E-state index contributed by atoms with van der Waals surface area (Å²) in [6, 6.07) is 17.1. The van der Waals surface area contributed by atoms with E-state index in [1.54, 1.807) is 50.0 Å². The lowest BCUT2D eigenvalue weighted by Crippen LogP contribution is -2.57. The summed E-state index contributed by atoms with van der Waals surface area (Å²) in [5.41, 5.74) is 3.97. The fourth-order valence-corrected chi connectivity index (χ4v) is 5.57. The van der Waals surface area contributed by atoms with Crippen molar-refractivity contribution >= 4 is 29.0 Å². The second-order valence-electron chi connectivity index (χ2n) is 11.4. The number of ketones is 1. The number of nitrogens with one attached hydrogen (secondary N) is 1. The molecule has 4 heterocycles. The summed E-state index contributed by atoms with van der Waals surface area (Å²) in [4.78, 5) is 39.9. The van der Waals surface area contributed by atoms with E-state index in [1.807, 2.05) is 49.4 Å². The molecule has 2 aliphatic heterocycles. The first kappa shape index (κ1) is 27.5. The number of nitrogens with zero attached hydrogens (tertiary/aromatic N) is 5. The number of hydrogen-bond acceptors (Lipinski definition) is 8. The van der Waals surface area contributed by atoms with E-state index in [9.17, 15) is 14.7 Å². The predicted octanol–water partition coefficient (Wildman–Crippen LogP) is 3.93. The molecule has 10 heteroatoms. The number of aliphatic hydroxyl groups is 1. The fourth-order valence-electron chi connectivity index (χ4n) is 5.57. The Bertz CT molecular complexity index is 1640. The maximum Gasteiger partial charge on any atom is 0.298 e. The molecule has 1 amide bonds. The Kier molecular flexibility index (Phi) is 6.94. The predicted molar refractivity (Wildman–Crippen MR) is 161 cm³/mol. The standard InChI is InChI=1S/C32H34N6O4/c1-20-14-25(21-8-6-5-7-9-21)28(36(20)4)29(39)30(40)35-23-10-11-26-27(15-23)42-19-24-18-37(12-13-38(24)26)31-33-16-22(17-34-31)32(2,3)41/h5-11,14-17,24,41H,12-13,18-19H2,1-4H3,(H,35,40)/t24-/m1/s1. The summed E-state index contributed by atoms with van der Waals surface area (Å²) in [5.74, 6) is -0.0151. The van der Waals surface area contributed by atoms with Crippen molar-refractivity contribution in [3.63, 3.8) is 0 Å². The number of aryl methyl sites for hydroxylation is 1. The Morgan fingerprint density at radius 2 is 1.79 bits per heavy atom. The van der Waals surface area contributed by atoms with Crippen molar-refractivity contribution in [2.75, 3.05) is 41.4 Å². The van der Waals surface area contributed by atoms with Gasteiger partial charge in [-0.15, -0.1) is 0 Å². The van der Waals surface area contributed by atoms with Crippen LogP contribution in [0.3, 0.4) is 0 Å². The molecule has 2 N–H and O–H groups in total. The number of carbonyl (C=O) groups excluding carboxylic acids is 2. The Morgan fingerprint density at radius 1 is 1.05 bits per heavy atom. The van der Waals surface area contributed by atoms with Crippen LogP contribution in [0.15, 0.2) is 67.0 Å². The number of carbonyl (C=O) groups is 2. The van der Waals surface area contributed by atoms with Crippen molar-refractivity contribution in [2.45, 2.75) is 32.4 Å². The summed E-state index contributed by atoms with van der Waals surface area (Å²) in [6.45, 7) is 7.96. The van der Waals surface area contributed by atoms with Gasteiger partial charge in [0.1, 0.15) is 18.1 Å². The molecule has 2 aromatic carbocycles. The number of amides is 1. The minimum atomic E-state index is -0.991. The van der Waals surface area contributed by atoms with E-state index >= 15 is 0 Å². The van der Waals surface area contributed by atoms with Crippen LogP contribution in [-0.2, 0) is 17.4 Å². The zero-order valence-corrected chi connectivity index (χ0v) is 24.2. The Labute approximate surface area is 244 Å². The summed E-state index contributed by atoms with van der Waals surface area (Å²) < 4.78 is 7.88. The van der Waals surface area contributed by atoms with Crippen LogP contribution in [-0.4, -0.2) is 63.6 Å². The molecule has 10 nitrogen and oxygen atoms in total. The smallest absolute Gasteiger partial charge is 0.298 e. The van der Waals surface area contributed by atoms with Crippen LogP contribution in [0.4, 0.5) is 17.3 Å². The number of fused-ring (bicyclic) bond motifs is 3. The van der Waals surface area contributed by atoms with Crippen molar-refractivity contribution in [2.24, 2.45) is 7.05 Å². The molecule has 216 valence electrons. The monoisotopic (exact) mass is 566 g/mol. The molecule has 42 heavy (non-hydrogen) atoms. The van der Waals surface area contributed by atoms with Crippen LogP contribution >= 0.6 is 0 Å². The van der Waals surface area contributed by atoms with Crippen molar-refractivity contribution < 1.29 is 19.4 Å². The average molecular weight is 567 g/mol. The molecule has 1 saturated heterocycles. The lowest BCUT2D eigenvalue weighted by Gasteiger charge is -2.45. The minimum absolute atomic E-state index is 0.0998. The quantitative estimate of drug-likeness (QED) is 0.267. The Balaban J connectivity index is 1.15. The number of aromatic nitrogens is 3. The first-order valence-corrected chi connectivity index (χ1v) is 14.0. The number of piperazine rings is 1. The van der Waals surface area contributed by atoms with Gasteiger partial charge in [-0.2, -0.15) is 0 Å². The maximum atomic E-state index is 13.4. The third kappa shape index (κ3) is 5.09. The van der Waals surface area contributed by atoms with E-state index < -0.39 is 17.3 Å². The molecule has 0 unspecified atom stereocenters. The first-order valence-electron chi connectivity index (χ1n) is 14.0. The molecule has 0 spiro atoms. The number of hydrogen-bond donors (Lipinski definition) is 2. The molecule has 0 saturated carbocycles. The summed E-state index contributed by atoms with van der Waals surface area (Å²) in [6.07, 6.45) is 3.34. The molecule has 0 bridgehead atoms. The van der Waals surface area contributed by atoms with Gasteiger partial charge < -0.3 is 29.5 Å². The lowest BCUT2D eigenvalue weighted by atomic mass is 10.0. The highest BCUT2D eigenvalue weighted by Gasteiger charge is 2.34.